The number of fused-ring (bicyclic) bond motifs is 2. The second-order valence-electron chi connectivity index (χ2n) is 10.8. The first-order chi connectivity index (χ1) is 20.1. The Kier molecular flexibility index (Phi) is 7.44. The Morgan fingerprint density at radius 3 is 2.24 bits per heavy atom. The van der Waals surface area contributed by atoms with Crippen molar-refractivity contribution in [3.05, 3.63) is 102 Å². The van der Waals surface area contributed by atoms with Crippen LogP contribution in [0.1, 0.15) is 36.0 Å². The van der Waals surface area contributed by atoms with Crippen molar-refractivity contribution in [2.24, 2.45) is 0 Å². The molecule has 4 aromatic rings. The lowest BCUT2D eigenvalue weighted by atomic mass is 9.95. The Bertz CT molecular complexity index is 1750. The van der Waals surface area contributed by atoms with Crippen molar-refractivity contribution in [2.75, 3.05) is 23.3 Å². The fraction of sp³-hybridized carbons (Fsp3) is 0.281. The molecule has 1 fully saturated rings. The molecule has 0 radical (unpaired) electrons. The Hall–Kier alpha value is -3.89. The van der Waals surface area contributed by atoms with Crippen molar-refractivity contribution in [3.8, 4) is 0 Å². The summed E-state index contributed by atoms with van der Waals surface area (Å²) in [5.74, 6) is -0.675. The topological polar surface area (TPSA) is 69.7 Å². The number of halogens is 3. The van der Waals surface area contributed by atoms with Gasteiger partial charge in [0.05, 0.1) is 21.8 Å². The first kappa shape index (κ1) is 28.2. The van der Waals surface area contributed by atoms with Gasteiger partial charge in [-0.05, 0) is 77.9 Å². The molecular formula is C32H30F3N3O3S. The fourth-order valence-electron chi connectivity index (χ4n) is 5.88. The van der Waals surface area contributed by atoms with Crippen LogP contribution in [0.15, 0.2) is 89.8 Å². The van der Waals surface area contributed by atoms with Gasteiger partial charge in [0.1, 0.15) is 6.04 Å². The molecule has 0 bridgehead atoms. The number of hydrogen-bond acceptors (Lipinski definition) is 4. The van der Waals surface area contributed by atoms with Gasteiger partial charge in [-0.1, -0.05) is 54.6 Å². The van der Waals surface area contributed by atoms with Crippen molar-refractivity contribution >= 4 is 38.1 Å². The molecule has 4 aromatic carbocycles. The third-order valence-corrected chi connectivity index (χ3v) is 9.96. The van der Waals surface area contributed by atoms with Gasteiger partial charge >= 0.3 is 6.18 Å². The highest BCUT2D eigenvalue weighted by atomic mass is 32.2. The molecule has 0 aliphatic carbocycles. The van der Waals surface area contributed by atoms with Crippen molar-refractivity contribution in [3.63, 3.8) is 0 Å². The van der Waals surface area contributed by atoms with Gasteiger partial charge in [0.25, 0.3) is 0 Å². The molecular weight excluding hydrogens is 563 g/mol. The number of sulfonamides is 1. The lowest BCUT2D eigenvalue weighted by molar-refractivity contribution is -0.137. The number of carbonyl (C=O) groups excluding carboxylic acids is 1. The predicted molar refractivity (Wildman–Crippen MR) is 157 cm³/mol. The zero-order chi connectivity index (χ0) is 29.5. The SMILES string of the molecule is O=C(Nc1cc(C(F)(F)F)ccc1N1CCCCC1)C1Cc2ccccc2CN1S(=O)(=O)c1ccc2ccccc2c1. The lowest BCUT2D eigenvalue weighted by Crippen LogP contribution is -2.50. The van der Waals surface area contributed by atoms with Crippen LogP contribution in [0.4, 0.5) is 24.5 Å². The molecule has 0 saturated carbocycles. The maximum absolute atomic E-state index is 14.1. The number of carbonyl (C=O) groups is 1. The van der Waals surface area contributed by atoms with E-state index in [1.54, 1.807) is 12.1 Å². The number of anilines is 2. The zero-order valence-corrected chi connectivity index (χ0v) is 23.6. The number of rotatable bonds is 5. The molecule has 0 spiro atoms. The van der Waals surface area contributed by atoms with Gasteiger partial charge in [0, 0.05) is 19.6 Å². The van der Waals surface area contributed by atoms with E-state index in [2.05, 4.69) is 5.32 Å². The molecule has 1 N–H and O–H groups in total. The molecule has 42 heavy (non-hydrogen) atoms. The highest BCUT2D eigenvalue weighted by molar-refractivity contribution is 7.89. The van der Waals surface area contributed by atoms with Crippen LogP contribution in [0.5, 0.6) is 0 Å². The normalized spacial score (nSPS) is 18.1. The van der Waals surface area contributed by atoms with Gasteiger partial charge in [0.15, 0.2) is 0 Å². The average molecular weight is 594 g/mol. The molecule has 218 valence electrons. The van der Waals surface area contributed by atoms with Crippen molar-refractivity contribution in [1.29, 1.82) is 0 Å². The molecule has 2 aliphatic heterocycles. The highest BCUT2D eigenvalue weighted by Gasteiger charge is 2.40. The predicted octanol–water partition coefficient (Wildman–Crippen LogP) is 6.60. The van der Waals surface area contributed by atoms with Crippen LogP contribution in [0.25, 0.3) is 10.8 Å². The lowest BCUT2D eigenvalue weighted by Gasteiger charge is -2.36. The number of alkyl halides is 3. The Labute approximate surface area is 242 Å². The summed E-state index contributed by atoms with van der Waals surface area (Å²) >= 11 is 0. The Balaban J connectivity index is 1.39. The third-order valence-electron chi connectivity index (χ3n) is 8.11. The van der Waals surface area contributed by atoms with Gasteiger partial charge in [0.2, 0.25) is 15.9 Å². The largest absolute Gasteiger partial charge is 0.416 e. The third kappa shape index (κ3) is 5.48. The first-order valence-electron chi connectivity index (χ1n) is 14.0. The van der Waals surface area contributed by atoms with E-state index in [0.717, 1.165) is 53.3 Å². The van der Waals surface area contributed by atoms with E-state index in [4.69, 9.17) is 0 Å². The molecule has 6 rings (SSSR count). The summed E-state index contributed by atoms with van der Waals surface area (Å²) in [6.45, 7) is 1.28. The highest BCUT2D eigenvalue weighted by Crippen LogP contribution is 2.37. The molecule has 6 nitrogen and oxygen atoms in total. The summed E-state index contributed by atoms with van der Waals surface area (Å²) in [5, 5.41) is 4.34. The molecule has 2 heterocycles. The fourth-order valence-corrected chi connectivity index (χ4v) is 7.48. The van der Waals surface area contributed by atoms with E-state index >= 15 is 0 Å². The van der Waals surface area contributed by atoms with E-state index in [9.17, 15) is 26.4 Å². The minimum absolute atomic E-state index is 0.0265. The number of amides is 1. The summed E-state index contributed by atoms with van der Waals surface area (Å²) < 4.78 is 70.5. The second-order valence-corrected chi connectivity index (χ2v) is 12.7. The summed E-state index contributed by atoms with van der Waals surface area (Å²) in [6, 6.07) is 21.7. The number of nitrogens with one attached hydrogen (secondary N) is 1. The summed E-state index contributed by atoms with van der Waals surface area (Å²) in [6.07, 6.45) is -1.69. The van der Waals surface area contributed by atoms with Crippen LogP contribution in [0.2, 0.25) is 0 Å². The zero-order valence-electron chi connectivity index (χ0n) is 22.8. The van der Waals surface area contributed by atoms with Crippen LogP contribution in [-0.2, 0) is 34.0 Å². The van der Waals surface area contributed by atoms with Gasteiger partial charge in [-0.15, -0.1) is 0 Å². The monoisotopic (exact) mass is 593 g/mol. The Morgan fingerprint density at radius 2 is 1.50 bits per heavy atom. The van der Waals surface area contributed by atoms with E-state index in [1.165, 1.54) is 16.4 Å². The molecule has 1 saturated heterocycles. The smallest absolute Gasteiger partial charge is 0.370 e. The number of benzene rings is 4. The molecule has 0 aromatic heterocycles. The maximum Gasteiger partial charge on any atom is 0.416 e. The molecule has 1 atom stereocenters. The van der Waals surface area contributed by atoms with Gasteiger partial charge in [-0.2, -0.15) is 17.5 Å². The van der Waals surface area contributed by atoms with Crippen LogP contribution in [0.3, 0.4) is 0 Å². The van der Waals surface area contributed by atoms with Crippen molar-refractivity contribution in [2.45, 2.75) is 49.3 Å². The van der Waals surface area contributed by atoms with E-state index in [0.29, 0.717) is 18.8 Å². The Morgan fingerprint density at radius 1 is 0.810 bits per heavy atom. The van der Waals surface area contributed by atoms with Crippen LogP contribution < -0.4 is 10.2 Å². The molecule has 1 amide bonds. The molecule has 2 aliphatic rings. The quantitative estimate of drug-likeness (QED) is 0.283. The maximum atomic E-state index is 14.1. The van der Waals surface area contributed by atoms with Gasteiger partial charge in [-0.3, -0.25) is 4.79 Å². The minimum Gasteiger partial charge on any atom is -0.370 e. The standard InChI is InChI=1S/C32H30F3N3O3S/c33-32(34,35)26-13-15-29(37-16-6-1-7-17-37)28(20-26)36-31(39)30-19-24-10-4-5-11-25(24)21-38(30)42(40,41)27-14-12-22-8-2-3-9-23(22)18-27/h2-5,8-15,18,20,30H,1,6-7,16-17,19,21H2,(H,36,39). The number of piperidine rings is 1. The van der Waals surface area contributed by atoms with Crippen LogP contribution in [-0.4, -0.2) is 37.8 Å². The average Bonchev–Trinajstić information content (AvgIpc) is 3.00. The number of hydrogen-bond donors (Lipinski definition) is 1. The molecule has 1 unspecified atom stereocenters. The van der Waals surface area contributed by atoms with Gasteiger partial charge < -0.3 is 10.2 Å². The first-order valence-corrected chi connectivity index (χ1v) is 15.4. The van der Waals surface area contributed by atoms with Crippen LogP contribution in [0, 0.1) is 0 Å². The molecule has 10 heteroatoms. The summed E-state index contributed by atoms with van der Waals surface area (Å²) in [7, 11) is -4.16. The minimum atomic E-state index is -4.60. The summed E-state index contributed by atoms with van der Waals surface area (Å²) in [4.78, 5) is 16.0. The van der Waals surface area contributed by atoms with Crippen molar-refractivity contribution < 1.29 is 26.4 Å². The van der Waals surface area contributed by atoms with Crippen LogP contribution >= 0.6 is 0 Å². The van der Waals surface area contributed by atoms with E-state index in [-0.39, 0.29) is 23.5 Å². The van der Waals surface area contributed by atoms with E-state index < -0.39 is 33.7 Å². The van der Waals surface area contributed by atoms with E-state index in [1.807, 2.05) is 53.4 Å². The van der Waals surface area contributed by atoms with Crippen molar-refractivity contribution in [1.82, 2.24) is 4.31 Å². The summed E-state index contributed by atoms with van der Waals surface area (Å²) in [5.41, 5.74) is 1.24. The number of nitrogens with zero attached hydrogens (tertiary/aromatic N) is 2. The second kappa shape index (κ2) is 11.1. The van der Waals surface area contributed by atoms with Gasteiger partial charge in [-0.25, -0.2) is 8.42 Å².